The Bertz CT molecular complexity index is 1080. The van der Waals surface area contributed by atoms with E-state index in [4.69, 9.17) is 9.47 Å². The molecule has 0 spiro atoms. The third-order valence-electron chi connectivity index (χ3n) is 7.71. The quantitative estimate of drug-likeness (QED) is 0.0316. The summed E-state index contributed by atoms with van der Waals surface area (Å²) in [5.41, 5.74) is -0.946. The van der Waals surface area contributed by atoms with E-state index in [1.54, 1.807) is 12.2 Å². The van der Waals surface area contributed by atoms with E-state index in [2.05, 4.69) is 13.8 Å². The number of hydrogen-bond donors (Lipinski definition) is 0. The molecule has 0 aliphatic carbocycles. The molecule has 0 amide bonds. The summed E-state index contributed by atoms with van der Waals surface area (Å²) in [5, 5.41) is 0. The van der Waals surface area contributed by atoms with Crippen LogP contribution in [0.4, 0.5) is 0 Å². The van der Waals surface area contributed by atoms with Crippen molar-refractivity contribution < 1.29 is 61.6 Å². The Morgan fingerprint density at radius 2 is 1.00 bits per heavy atom. The predicted octanol–water partition coefficient (Wildman–Crippen LogP) is 7.56. The van der Waals surface area contributed by atoms with Gasteiger partial charge in [-0.25, -0.2) is 18.0 Å². The SMILES string of the molecule is CCCCCCCCCCCC/C=C/OC(=O)c1cccc(S(=O)(=O)[O-])c1C(=O)O/C=C/CCCCCCCCCCCC.[Na+]. The summed E-state index contributed by atoms with van der Waals surface area (Å²) >= 11 is 0. The van der Waals surface area contributed by atoms with E-state index in [9.17, 15) is 22.6 Å². The van der Waals surface area contributed by atoms with Gasteiger partial charge in [-0.1, -0.05) is 135 Å². The first-order valence-corrected chi connectivity index (χ1v) is 18.5. The van der Waals surface area contributed by atoms with Crippen LogP contribution in [0, 0.1) is 0 Å². The Hall–Kier alpha value is -1.45. The van der Waals surface area contributed by atoms with Crippen molar-refractivity contribution in [1.82, 2.24) is 0 Å². The summed E-state index contributed by atoms with van der Waals surface area (Å²) in [6.07, 6.45) is 31.7. The molecule has 0 N–H and O–H groups in total. The Labute approximate surface area is 296 Å². The minimum atomic E-state index is -5.04. The van der Waals surface area contributed by atoms with Crippen LogP contribution in [0.15, 0.2) is 47.8 Å². The first-order valence-electron chi connectivity index (χ1n) is 17.1. The number of benzene rings is 1. The smallest absolute Gasteiger partial charge is 0.744 e. The zero-order chi connectivity index (χ0) is 32.3. The van der Waals surface area contributed by atoms with E-state index >= 15 is 0 Å². The molecule has 0 heterocycles. The van der Waals surface area contributed by atoms with Crippen LogP contribution in [0.5, 0.6) is 0 Å². The molecule has 0 aliphatic heterocycles. The fraction of sp³-hybridized carbons (Fsp3) is 0.667. The summed E-state index contributed by atoms with van der Waals surface area (Å²) in [6, 6.07) is 3.47. The van der Waals surface area contributed by atoms with Gasteiger partial charge < -0.3 is 14.0 Å². The van der Waals surface area contributed by atoms with Crippen LogP contribution < -0.4 is 29.6 Å². The van der Waals surface area contributed by atoms with E-state index < -0.39 is 32.5 Å². The molecule has 1 rings (SSSR count). The van der Waals surface area contributed by atoms with Gasteiger partial charge in [-0.2, -0.15) is 0 Å². The van der Waals surface area contributed by atoms with Gasteiger partial charge in [0, 0.05) is 0 Å². The first-order chi connectivity index (χ1) is 21.3. The summed E-state index contributed by atoms with van der Waals surface area (Å²) < 4.78 is 45.9. The number of allylic oxidation sites excluding steroid dienone is 2. The molecule has 1 aromatic rings. The van der Waals surface area contributed by atoms with Gasteiger partial charge in [-0.05, 0) is 50.0 Å². The predicted molar refractivity (Wildman–Crippen MR) is 176 cm³/mol. The van der Waals surface area contributed by atoms with E-state index in [0.29, 0.717) is 6.42 Å². The third-order valence-corrected chi connectivity index (χ3v) is 8.59. The molecule has 9 heteroatoms. The molecule has 0 saturated heterocycles. The van der Waals surface area contributed by atoms with Crippen LogP contribution in [0.1, 0.15) is 176 Å². The number of ether oxygens (including phenoxy) is 2. The summed E-state index contributed by atoms with van der Waals surface area (Å²) in [7, 11) is -5.04. The Kier molecular flexibility index (Phi) is 27.8. The average Bonchev–Trinajstić information content (AvgIpc) is 3.00. The topological polar surface area (TPSA) is 110 Å². The molecule has 250 valence electrons. The number of unbranched alkanes of at least 4 members (excludes halogenated alkanes) is 20. The van der Waals surface area contributed by atoms with Gasteiger partial charge in [0.05, 0.1) is 28.5 Å². The van der Waals surface area contributed by atoms with Crippen molar-refractivity contribution >= 4 is 22.1 Å². The molecule has 0 bridgehead atoms. The molecular weight excluding hydrogens is 599 g/mol. The van der Waals surface area contributed by atoms with Crippen LogP contribution in [0.3, 0.4) is 0 Å². The van der Waals surface area contributed by atoms with Crippen molar-refractivity contribution in [3.05, 3.63) is 54.0 Å². The summed E-state index contributed by atoms with van der Waals surface area (Å²) in [6.45, 7) is 4.44. The van der Waals surface area contributed by atoms with Crippen LogP contribution in [-0.2, 0) is 19.6 Å². The van der Waals surface area contributed by atoms with Gasteiger partial charge in [0.15, 0.2) is 0 Å². The fourth-order valence-corrected chi connectivity index (χ4v) is 5.79. The number of carbonyl (C=O) groups is 2. The second-order valence-corrected chi connectivity index (χ2v) is 13.0. The van der Waals surface area contributed by atoms with Crippen LogP contribution >= 0.6 is 0 Å². The molecule has 0 aromatic heterocycles. The maximum Gasteiger partial charge on any atom is 1.00 e. The van der Waals surface area contributed by atoms with Crippen molar-refractivity contribution in [1.29, 1.82) is 0 Å². The van der Waals surface area contributed by atoms with E-state index in [1.165, 1.54) is 121 Å². The fourth-order valence-electron chi connectivity index (χ4n) is 5.10. The van der Waals surface area contributed by atoms with E-state index in [-0.39, 0.29) is 35.1 Å². The number of hydrogen-bond acceptors (Lipinski definition) is 7. The number of esters is 2. The van der Waals surface area contributed by atoms with Crippen LogP contribution in [0.2, 0.25) is 0 Å². The maximum absolute atomic E-state index is 12.8. The Balaban J connectivity index is 0.0000194. The largest absolute Gasteiger partial charge is 1.00 e. The molecular formula is C36H57NaO7S. The Morgan fingerprint density at radius 3 is 1.40 bits per heavy atom. The second-order valence-electron chi connectivity index (χ2n) is 11.6. The first kappa shape index (κ1) is 43.5. The van der Waals surface area contributed by atoms with Crippen LogP contribution in [0.25, 0.3) is 0 Å². The van der Waals surface area contributed by atoms with Gasteiger partial charge in [0.25, 0.3) is 0 Å². The Morgan fingerprint density at radius 1 is 0.622 bits per heavy atom. The van der Waals surface area contributed by atoms with Gasteiger partial charge in [0.1, 0.15) is 10.1 Å². The zero-order valence-corrected chi connectivity index (χ0v) is 31.2. The minimum Gasteiger partial charge on any atom is -0.744 e. The van der Waals surface area contributed by atoms with E-state index in [1.807, 2.05) is 0 Å². The molecule has 0 unspecified atom stereocenters. The van der Waals surface area contributed by atoms with Crippen molar-refractivity contribution in [2.24, 2.45) is 0 Å². The normalized spacial score (nSPS) is 11.6. The molecule has 0 aliphatic rings. The standard InChI is InChI=1S/C36H58O7S.Na/c1-3-5-7-9-11-13-15-17-19-21-23-25-30-42-35(37)32-28-27-29-33(44(39,40)41)34(32)36(38)43-31-26-24-22-20-18-16-14-12-10-8-6-4-2;/h25-31H,3-24H2,1-2H3,(H,39,40,41);/q;+1/p-1/b30-25+,31-26+;. The van der Waals surface area contributed by atoms with E-state index in [0.717, 1.165) is 44.6 Å². The molecule has 45 heavy (non-hydrogen) atoms. The average molecular weight is 657 g/mol. The molecule has 7 nitrogen and oxygen atoms in total. The van der Waals surface area contributed by atoms with Gasteiger partial charge >= 0.3 is 41.5 Å². The molecule has 0 atom stereocenters. The van der Waals surface area contributed by atoms with Gasteiger partial charge in [0.2, 0.25) is 0 Å². The third kappa shape index (κ3) is 21.9. The van der Waals surface area contributed by atoms with Crippen molar-refractivity contribution in [3.63, 3.8) is 0 Å². The second kappa shape index (κ2) is 28.7. The van der Waals surface area contributed by atoms with Crippen molar-refractivity contribution in [3.8, 4) is 0 Å². The molecule has 0 fully saturated rings. The maximum atomic E-state index is 12.8. The number of rotatable bonds is 27. The van der Waals surface area contributed by atoms with Gasteiger partial charge in [-0.15, -0.1) is 0 Å². The minimum absolute atomic E-state index is 0. The van der Waals surface area contributed by atoms with Crippen molar-refractivity contribution in [2.75, 3.05) is 0 Å². The summed E-state index contributed by atoms with van der Waals surface area (Å²) in [4.78, 5) is 24.8. The zero-order valence-electron chi connectivity index (χ0n) is 28.4. The molecule has 0 saturated carbocycles. The van der Waals surface area contributed by atoms with Gasteiger partial charge in [-0.3, -0.25) is 0 Å². The number of carbonyl (C=O) groups excluding carboxylic acids is 2. The monoisotopic (exact) mass is 656 g/mol. The summed E-state index contributed by atoms with van der Waals surface area (Å²) in [5.74, 6) is -2.03. The molecule has 0 radical (unpaired) electrons. The van der Waals surface area contributed by atoms with Crippen LogP contribution in [-0.4, -0.2) is 24.9 Å². The molecule has 1 aromatic carbocycles. The van der Waals surface area contributed by atoms with Crippen molar-refractivity contribution in [2.45, 2.75) is 160 Å².